The van der Waals surface area contributed by atoms with E-state index in [1.807, 2.05) is 0 Å². The fourth-order valence-corrected chi connectivity index (χ4v) is 3.24. The van der Waals surface area contributed by atoms with E-state index in [1.165, 1.54) is 16.7 Å². The van der Waals surface area contributed by atoms with Crippen molar-refractivity contribution < 1.29 is 14.7 Å². The first kappa shape index (κ1) is 15.9. The maximum Gasteiger partial charge on any atom is 0.214 e. The van der Waals surface area contributed by atoms with Crippen LogP contribution in [0.4, 0.5) is 0 Å². The molecule has 1 aliphatic rings. The van der Waals surface area contributed by atoms with Gasteiger partial charge in [0.05, 0.1) is 0 Å². The van der Waals surface area contributed by atoms with E-state index in [0.717, 1.165) is 0 Å². The van der Waals surface area contributed by atoms with E-state index >= 15 is 0 Å². The van der Waals surface area contributed by atoms with Crippen molar-refractivity contribution in [3.05, 3.63) is 76.9 Å². The second-order valence-corrected chi connectivity index (χ2v) is 6.62. The van der Waals surface area contributed by atoms with Crippen molar-refractivity contribution in [3.63, 3.8) is 0 Å². The first-order valence-corrected chi connectivity index (χ1v) is 8.25. The Hall–Kier alpha value is -2.63. The number of carbonyl (C=O) groups is 2. The van der Waals surface area contributed by atoms with Crippen LogP contribution in [0.2, 0.25) is 0 Å². The number of benzene rings is 2. The van der Waals surface area contributed by atoms with E-state index in [0.29, 0.717) is 16.8 Å². The van der Waals surface area contributed by atoms with Gasteiger partial charge in [-0.05, 0) is 24.3 Å². The summed E-state index contributed by atoms with van der Waals surface area (Å²) in [5, 5.41) is 9.50. The number of carbonyl (C=O) groups excluding carboxylic acids is 2. The van der Waals surface area contributed by atoms with E-state index in [4.69, 9.17) is 23.2 Å². The quantitative estimate of drug-likeness (QED) is 0.542. The molecule has 0 bridgehead atoms. The molecule has 0 saturated carbocycles. The molecule has 1 heterocycles. The second-order valence-electron chi connectivity index (χ2n) is 5.52. The number of hydrogen-bond donors (Lipinski definition) is 1. The lowest BCUT2D eigenvalue weighted by atomic mass is 9.90. The molecule has 0 radical (unpaired) electrons. The van der Waals surface area contributed by atoms with E-state index in [9.17, 15) is 14.7 Å². The molecule has 0 fully saturated rings. The van der Waals surface area contributed by atoms with Crippen molar-refractivity contribution >= 4 is 34.8 Å². The van der Waals surface area contributed by atoms with Crippen LogP contribution in [0.3, 0.4) is 0 Å². The highest BCUT2D eigenvalue weighted by atomic mass is 35.5. The van der Waals surface area contributed by atoms with Crippen molar-refractivity contribution in [2.75, 3.05) is 0 Å². The fraction of sp³-hybridized carbons (Fsp3) is 0.0556. The van der Waals surface area contributed by atoms with Crippen LogP contribution in [0.15, 0.2) is 48.5 Å². The summed E-state index contributed by atoms with van der Waals surface area (Å²) in [5.41, 5.74) is 1.29. The summed E-state index contributed by atoms with van der Waals surface area (Å²) < 4.78 is 1.47. The zero-order valence-corrected chi connectivity index (χ0v) is 14.1. The Balaban J connectivity index is 2.03. The largest absolute Gasteiger partial charge is 0.508 e. The molecule has 0 unspecified atom stereocenters. The standard InChI is InChI=1S/C18H10Cl2N2O3/c19-17(20)18-21-13-14(22(18)9-5-7-10(23)8-6-9)16(25)12-4-2-1-3-11(12)15(13)24/h1-8,17,23H. The summed E-state index contributed by atoms with van der Waals surface area (Å²) in [5.74, 6) is -0.433. The lowest BCUT2D eigenvalue weighted by molar-refractivity contribution is 0.0972. The van der Waals surface area contributed by atoms with Gasteiger partial charge in [-0.15, -0.1) is 0 Å². The number of phenolic OH excluding ortho intramolecular Hbond substituents is 1. The highest BCUT2D eigenvalue weighted by Crippen LogP contribution is 2.35. The molecule has 2 aromatic carbocycles. The number of hydrogen-bond acceptors (Lipinski definition) is 4. The maximum absolute atomic E-state index is 13.0. The number of aromatic nitrogens is 2. The number of phenols is 1. The average Bonchev–Trinajstić information content (AvgIpc) is 3.02. The van der Waals surface area contributed by atoms with Crippen molar-refractivity contribution in [2.45, 2.75) is 4.84 Å². The molecule has 4 rings (SSSR count). The highest BCUT2D eigenvalue weighted by molar-refractivity contribution is 6.44. The Morgan fingerprint density at radius 1 is 0.920 bits per heavy atom. The smallest absolute Gasteiger partial charge is 0.214 e. The Kier molecular flexibility index (Phi) is 3.63. The van der Waals surface area contributed by atoms with Crippen molar-refractivity contribution in [3.8, 4) is 11.4 Å². The predicted molar refractivity (Wildman–Crippen MR) is 93.0 cm³/mol. The molecule has 1 aromatic heterocycles. The van der Waals surface area contributed by atoms with E-state index < -0.39 is 4.84 Å². The molecular formula is C18H10Cl2N2O3. The van der Waals surface area contributed by atoms with Gasteiger partial charge in [0.15, 0.2) is 4.84 Å². The summed E-state index contributed by atoms with van der Waals surface area (Å²) in [6, 6.07) is 12.7. The topological polar surface area (TPSA) is 72.2 Å². The summed E-state index contributed by atoms with van der Waals surface area (Å²) in [6.45, 7) is 0. The number of aromatic hydroxyl groups is 1. The van der Waals surface area contributed by atoms with Crippen LogP contribution in [0.1, 0.15) is 42.8 Å². The van der Waals surface area contributed by atoms with Gasteiger partial charge >= 0.3 is 0 Å². The van der Waals surface area contributed by atoms with Crippen molar-refractivity contribution in [2.24, 2.45) is 0 Å². The molecule has 0 atom stereocenters. The summed E-state index contributed by atoms with van der Waals surface area (Å²) in [4.78, 5) is 29.0. The number of imidazole rings is 1. The summed E-state index contributed by atoms with van der Waals surface area (Å²) in [7, 11) is 0. The van der Waals surface area contributed by atoms with Crippen LogP contribution in [-0.2, 0) is 0 Å². The number of rotatable bonds is 2. The molecule has 1 aliphatic carbocycles. The second kappa shape index (κ2) is 5.72. The minimum absolute atomic E-state index is 0.0260. The normalized spacial score (nSPS) is 13.1. The first-order valence-electron chi connectivity index (χ1n) is 7.37. The Bertz CT molecular complexity index is 1020. The van der Waals surface area contributed by atoms with Crippen LogP contribution in [0.5, 0.6) is 5.75 Å². The molecular weight excluding hydrogens is 363 g/mol. The molecule has 0 saturated heterocycles. The van der Waals surface area contributed by atoms with Crippen LogP contribution >= 0.6 is 23.2 Å². The molecule has 0 amide bonds. The Morgan fingerprint density at radius 2 is 1.52 bits per heavy atom. The maximum atomic E-state index is 13.0. The molecule has 25 heavy (non-hydrogen) atoms. The third-order valence-electron chi connectivity index (χ3n) is 4.05. The van der Waals surface area contributed by atoms with Gasteiger partial charge in [-0.3, -0.25) is 14.2 Å². The van der Waals surface area contributed by atoms with Crippen LogP contribution < -0.4 is 0 Å². The minimum atomic E-state index is -1.04. The van der Waals surface area contributed by atoms with Crippen LogP contribution in [0, 0.1) is 0 Å². The lowest BCUT2D eigenvalue weighted by Gasteiger charge is -2.16. The number of halogens is 2. The van der Waals surface area contributed by atoms with Gasteiger partial charge in [0.2, 0.25) is 11.6 Å². The number of alkyl halides is 2. The molecule has 3 aromatic rings. The zero-order valence-electron chi connectivity index (χ0n) is 12.6. The van der Waals surface area contributed by atoms with E-state index in [2.05, 4.69) is 4.98 Å². The highest BCUT2D eigenvalue weighted by Gasteiger charge is 2.37. The van der Waals surface area contributed by atoms with Gasteiger partial charge < -0.3 is 5.11 Å². The molecule has 0 spiro atoms. The van der Waals surface area contributed by atoms with Crippen molar-refractivity contribution in [1.29, 1.82) is 0 Å². The molecule has 7 heteroatoms. The van der Waals surface area contributed by atoms with E-state index in [-0.39, 0.29) is 34.5 Å². The SMILES string of the molecule is O=C1c2ccccc2C(=O)c2c1nc(C(Cl)Cl)n2-c1ccc(O)cc1. The Morgan fingerprint density at radius 3 is 2.12 bits per heavy atom. The van der Waals surface area contributed by atoms with E-state index in [1.54, 1.807) is 36.4 Å². The number of fused-ring (bicyclic) bond motifs is 2. The third kappa shape index (κ3) is 2.35. The van der Waals surface area contributed by atoms with Gasteiger partial charge in [-0.1, -0.05) is 47.5 Å². The summed E-state index contributed by atoms with van der Waals surface area (Å²) >= 11 is 12.1. The van der Waals surface area contributed by atoms with Gasteiger partial charge in [0.25, 0.3) is 0 Å². The monoisotopic (exact) mass is 372 g/mol. The Labute approximate surface area is 152 Å². The fourth-order valence-electron chi connectivity index (χ4n) is 2.95. The number of ketones is 2. The van der Waals surface area contributed by atoms with Gasteiger partial charge in [0, 0.05) is 16.8 Å². The average molecular weight is 373 g/mol. The van der Waals surface area contributed by atoms with Gasteiger partial charge in [0.1, 0.15) is 23.0 Å². The summed E-state index contributed by atoms with van der Waals surface area (Å²) in [6.07, 6.45) is 0. The molecule has 0 aliphatic heterocycles. The molecule has 1 N–H and O–H groups in total. The molecule has 124 valence electrons. The lowest BCUT2D eigenvalue weighted by Crippen LogP contribution is -2.23. The first-order chi connectivity index (χ1) is 12.0. The zero-order chi connectivity index (χ0) is 17.7. The number of nitrogens with zero attached hydrogens (tertiary/aromatic N) is 2. The predicted octanol–water partition coefficient (Wildman–Crippen LogP) is 3.83. The molecule has 5 nitrogen and oxygen atoms in total. The minimum Gasteiger partial charge on any atom is -0.508 e. The van der Waals surface area contributed by atoms with Crippen molar-refractivity contribution in [1.82, 2.24) is 9.55 Å². The van der Waals surface area contributed by atoms with Crippen LogP contribution in [0.25, 0.3) is 5.69 Å². The van der Waals surface area contributed by atoms with Gasteiger partial charge in [-0.25, -0.2) is 4.98 Å². The van der Waals surface area contributed by atoms with Gasteiger partial charge in [-0.2, -0.15) is 0 Å². The third-order valence-corrected chi connectivity index (χ3v) is 4.44. The van der Waals surface area contributed by atoms with Crippen LogP contribution in [-0.4, -0.2) is 26.2 Å².